The smallest absolute Gasteiger partial charge is 0.227 e. The molecule has 1 aliphatic carbocycles. The van der Waals surface area contributed by atoms with Gasteiger partial charge in [-0.3, -0.25) is 9.69 Å². The van der Waals surface area contributed by atoms with E-state index in [1.807, 2.05) is 0 Å². The van der Waals surface area contributed by atoms with Gasteiger partial charge in [-0.1, -0.05) is 13.3 Å². The molecule has 1 saturated carbocycles. The molecule has 29 heavy (non-hydrogen) atoms. The Hall–Kier alpha value is -1.85. The number of benzene rings is 1. The second-order valence-electron chi connectivity index (χ2n) is 8.99. The van der Waals surface area contributed by atoms with Crippen LogP contribution in [0.25, 0.3) is 10.9 Å². The first-order valence-corrected chi connectivity index (χ1v) is 11.5. The Kier molecular flexibility index (Phi) is 5.35. The van der Waals surface area contributed by atoms with Crippen LogP contribution in [0.1, 0.15) is 56.7 Å². The zero-order valence-corrected chi connectivity index (χ0v) is 17.6. The van der Waals surface area contributed by atoms with Gasteiger partial charge in [0.1, 0.15) is 0 Å². The maximum absolute atomic E-state index is 12.4. The van der Waals surface area contributed by atoms with E-state index in [1.165, 1.54) is 28.6 Å². The number of aromatic nitrogens is 1. The van der Waals surface area contributed by atoms with Crippen LogP contribution >= 0.6 is 0 Å². The Bertz CT molecular complexity index is 893. The first-order valence-electron chi connectivity index (χ1n) is 11.5. The number of nitrogens with one attached hydrogen (secondary N) is 1. The predicted octanol–water partition coefficient (Wildman–Crippen LogP) is 4.33. The van der Waals surface area contributed by atoms with Gasteiger partial charge in [-0.15, -0.1) is 0 Å². The molecular formula is C24H33N3O2. The quantitative estimate of drug-likeness (QED) is 0.820. The lowest BCUT2D eigenvalue weighted by atomic mass is 9.85. The van der Waals surface area contributed by atoms with E-state index in [0.717, 1.165) is 77.1 Å². The maximum Gasteiger partial charge on any atom is 0.227 e. The zero-order chi connectivity index (χ0) is 19.8. The molecule has 2 aromatic rings. The number of anilines is 1. The van der Waals surface area contributed by atoms with E-state index in [1.54, 1.807) is 0 Å². The molecule has 0 radical (unpaired) electrons. The van der Waals surface area contributed by atoms with Crippen molar-refractivity contribution in [1.82, 2.24) is 9.47 Å². The molecule has 1 amide bonds. The summed E-state index contributed by atoms with van der Waals surface area (Å²) in [5.41, 5.74) is 5.26. The number of carbonyl (C=O) groups is 1. The largest absolute Gasteiger partial charge is 0.381 e. The van der Waals surface area contributed by atoms with Crippen LogP contribution in [-0.4, -0.2) is 41.2 Å². The summed E-state index contributed by atoms with van der Waals surface area (Å²) in [6.45, 7) is 7.27. The second kappa shape index (κ2) is 8.11. The van der Waals surface area contributed by atoms with Crippen LogP contribution in [-0.2, 0) is 29.0 Å². The summed E-state index contributed by atoms with van der Waals surface area (Å²) in [6.07, 6.45) is 7.81. The molecule has 156 valence electrons. The molecule has 2 aliphatic heterocycles. The minimum atomic E-state index is 0.196. The Balaban J connectivity index is 1.47. The van der Waals surface area contributed by atoms with Crippen molar-refractivity contribution in [3.8, 4) is 0 Å². The molecule has 3 aliphatic rings. The molecule has 1 N–H and O–H groups in total. The summed E-state index contributed by atoms with van der Waals surface area (Å²) in [6, 6.07) is 7.18. The summed E-state index contributed by atoms with van der Waals surface area (Å²) in [7, 11) is 0. The summed E-state index contributed by atoms with van der Waals surface area (Å²) in [4.78, 5) is 15.1. The van der Waals surface area contributed by atoms with E-state index in [0.29, 0.717) is 6.04 Å². The minimum Gasteiger partial charge on any atom is -0.381 e. The Morgan fingerprint density at radius 2 is 2.03 bits per heavy atom. The highest BCUT2D eigenvalue weighted by Gasteiger charge is 2.29. The topological polar surface area (TPSA) is 46.5 Å². The number of fused-ring (bicyclic) bond motifs is 3. The number of aryl methyl sites for hydroxylation is 1. The van der Waals surface area contributed by atoms with E-state index in [4.69, 9.17) is 4.74 Å². The van der Waals surface area contributed by atoms with Crippen molar-refractivity contribution < 1.29 is 9.53 Å². The van der Waals surface area contributed by atoms with E-state index in [-0.39, 0.29) is 11.8 Å². The number of hydrogen-bond acceptors (Lipinski definition) is 3. The average Bonchev–Trinajstić information content (AvgIpc) is 3.00. The molecule has 1 aromatic heterocycles. The summed E-state index contributed by atoms with van der Waals surface area (Å²) in [5, 5.41) is 4.51. The van der Waals surface area contributed by atoms with Crippen molar-refractivity contribution in [2.45, 2.75) is 71.0 Å². The second-order valence-corrected chi connectivity index (χ2v) is 8.99. The van der Waals surface area contributed by atoms with Crippen molar-refractivity contribution >= 4 is 22.5 Å². The lowest BCUT2D eigenvalue weighted by molar-refractivity contribution is -0.122. The van der Waals surface area contributed by atoms with Gasteiger partial charge in [-0.25, -0.2) is 0 Å². The molecule has 0 unspecified atom stereocenters. The molecule has 5 nitrogen and oxygen atoms in total. The van der Waals surface area contributed by atoms with Gasteiger partial charge in [0.2, 0.25) is 5.91 Å². The zero-order valence-electron chi connectivity index (χ0n) is 17.6. The number of carbonyl (C=O) groups excluding carboxylic acids is 1. The lowest BCUT2D eigenvalue weighted by Gasteiger charge is -2.37. The van der Waals surface area contributed by atoms with Gasteiger partial charge in [-0.05, 0) is 55.9 Å². The molecule has 0 atom stereocenters. The molecule has 0 spiro atoms. The van der Waals surface area contributed by atoms with Crippen LogP contribution in [0, 0.1) is 5.92 Å². The van der Waals surface area contributed by atoms with Gasteiger partial charge in [0, 0.05) is 73.5 Å². The van der Waals surface area contributed by atoms with Gasteiger partial charge in [-0.2, -0.15) is 0 Å². The monoisotopic (exact) mass is 395 g/mol. The van der Waals surface area contributed by atoms with Crippen molar-refractivity contribution in [3.63, 3.8) is 0 Å². The number of rotatable bonds is 5. The summed E-state index contributed by atoms with van der Waals surface area (Å²) < 4.78 is 8.11. The fourth-order valence-corrected chi connectivity index (χ4v) is 5.30. The maximum atomic E-state index is 12.4. The Morgan fingerprint density at radius 3 is 2.76 bits per heavy atom. The van der Waals surface area contributed by atoms with E-state index >= 15 is 0 Å². The van der Waals surface area contributed by atoms with Crippen molar-refractivity contribution in [2.24, 2.45) is 5.92 Å². The highest BCUT2D eigenvalue weighted by atomic mass is 16.5. The fourth-order valence-electron chi connectivity index (χ4n) is 5.30. The van der Waals surface area contributed by atoms with Gasteiger partial charge in [0.05, 0.1) is 0 Å². The highest BCUT2D eigenvalue weighted by Crippen LogP contribution is 2.35. The van der Waals surface area contributed by atoms with E-state index < -0.39 is 0 Å². The minimum absolute atomic E-state index is 0.196. The third-order valence-electron chi connectivity index (χ3n) is 7.18. The van der Waals surface area contributed by atoms with Crippen LogP contribution in [0.4, 0.5) is 5.69 Å². The lowest BCUT2D eigenvalue weighted by Crippen LogP contribution is -2.42. The van der Waals surface area contributed by atoms with Crippen molar-refractivity contribution in [1.29, 1.82) is 0 Å². The molecule has 2 fully saturated rings. The van der Waals surface area contributed by atoms with Crippen LogP contribution in [0.2, 0.25) is 0 Å². The third kappa shape index (κ3) is 3.59. The van der Waals surface area contributed by atoms with Crippen LogP contribution in [0.5, 0.6) is 0 Å². The van der Waals surface area contributed by atoms with E-state index in [9.17, 15) is 4.79 Å². The molecular weight excluding hydrogens is 362 g/mol. The van der Waals surface area contributed by atoms with Crippen LogP contribution < -0.4 is 5.32 Å². The third-order valence-corrected chi connectivity index (χ3v) is 7.18. The highest BCUT2D eigenvalue weighted by molar-refractivity contribution is 5.96. The average molecular weight is 396 g/mol. The number of ether oxygens (including phenoxy) is 1. The standard InChI is InChI=1S/C24H33N3O2/c1-2-11-27-22-7-6-18(25-24(28)17-4-3-5-17)15-20(22)21-16-26(12-8-23(21)27)19-9-13-29-14-10-19/h6-7,15,17,19H,2-5,8-14,16H2,1H3,(H,25,28). The van der Waals surface area contributed by atoms with Crippen molar-refractivity contribution in [3.05, 3.63) is 29.5 Å². The van der Waals surface area contributed by atoms with Crippen LogP contribution in [0.15, 0.2) is 18.2 Å². The molecule has 1 saturated heterocycles. The van der Waals surface area contributed by atoms with Gasteiger partial charge in [0.25, 0.3) is 0 Å². The molecule has 5 rings (SSSR count). The Labute approximate surface area is 173 Å². The summed E-state index contributed by atoms with van der Waals surface area (Å²) in [5.74, 6) is 0.412. The normalized spacial score (nSPS) is 21.1. The molecule has 0 bridgehead atoms. The number of hydrogen-bond donors (Lipinski definition) is 1. The van der Waals surface area contributed by atoms with E-state index in [2.05, 4.69) is 39.9 Å². The van der Waals surface area contributed by atoms with Gasteiger partial charge < -0.3 is 14.6 Å². The van der Waals surface area contributed by atoms with Crippen LogP contribution in [0.3, 0.4) is 0 Å². The van der Waals surface area contributed by atoms with Gasteiger partial charge in [0.15, 0.2) is 0 Å². The fraction of sp³-hybridized carbons (Fsp3) is 0.625. The van der Waals surface area contributed by atoms with Gasteiger partial charge >= 0.3 is 0 Å². The molecule has 5 heteroatoms. The molecule has 3 heterocycles. The Morgan fingerprint density at radius 1 is 1.21 bits per heavy atom. The first kappa shape index (κ1) is 19.1. The first-order chi connectivity index (χ1) is 14.2. The number of amides is 1. The van der Waals surface area contributed by atoms with Crippen molar-refractivity contribution in [2.75, 3.05) is 25.1 Å². The number of nitrogens with zero attached hydrogens (tertiary/aromatic N) is 2. The summed E-state index contributed by atoms with van der Waals surface area (Å²) >= 11 is 0. The molecule has 1 aromatic carbocycles. The SMILES string of the molecule is CCCn1c2c(c3cc(NC(=O)C4CCC4)ccc31)CN(C1CCOCC1)CC2. The predicted molar refractivity (Wildman–Crippen MR) is 116 cm³/mol.